The lowest BCUT2D eigenvalue weighted by molar-refractivity contribution is -0.127. The quantitative estimate of drug-likeness (QED) is 0.418. The van der Waals surface area contributed by atoms with E-state index in [2.05, 4.69) is 10.2 Å². The molecule has 3 aromatic carbocycles. The molecule has 0 bridgehead atoms. The lowest BCUT2D eigenvalue weighted by atomic mass is 10.1. The lowest BCUT2D eigenvalue weighted by Gasteiger charge is -2.29. The molecule has 0 atom stereocenters. The molecule has 2 heterocycles. The van der Waals surface area contributed by atoms with Crippen molar-refractivity contribution in [1.29, 1.82) is 0 Å². The van der Waals surface area contributed by atoms with Gasteiger partial charge in [-0.1, -0.05) is 24.3 Å². The van der Waals surface area contributed by atoms with E-state index < -0.39 is 5.82 Å². The summed E-state index contributed by atoms with van der Waals surface area (Å²) in [5.74, 6) is 0.200. The van der Waals surface area contributed by atoms with E-state index in [1.165, 1.54) is 18.6 Å². The van der Waals surface area contributed by atoms with Gasteiger partial charge in [0.25, 0.3) is 5.91 Å². The lowest BCUT2D eigenvalue weighted by Crippen LogP contribution is -2.29. The van der Waals surface area contributed by atoms with E-state index in [0.29, 0.717) is 30.8 Å². The number of piperidine rings is 1. The number of benzene rings is 3. The molecule has 188 valence electrons. The molecule has 0 saturated carbocycles. The highest BCUT2D eigenvalue weighted by atomic mass is 19.1. The van der Waals surface area contributed by atoms with Gasteiger partial charge in [-0.2, -0.15) is 0 Å². The minimum atomic E-state index is -0.410. The van der Waals surface area contributed by atoms with Gasteiger partial charge in [0, 0.05) is 60.3 Å². The summed E-state index contributed by atoms with van der Waals surface area (Å²) in [5.41, 5.74) is 1.70. The first-order valence-corrected chi connectivity index (χ1v) is 12.9. The molecule has 7 heteroatoms. The van der Waals surface area contributed by atoms with Crippen LogP contribution in [0.1, 0.15) is 48.9 Å². The summed E-state index contributed by atoms with van der Waals surface area (Å²) in [5, 5.41) is 4.71. The van der Waals surface area contributed by atoms with E-state index in [1.807, 2.05) is 41.3 Å². The third-order valence-electron chi connectivity index (χ3n) is 7.00. The largest absolute Gasteiger partial charge is 0.493 e. The number of fused-ring (bicyclic) bond motifs is 1. The van der Waals surface area contributed by atoms with Gasteiger partial charge in [-0.3, -0.25) is 9.59 Å². The Morgan fingerprint density at radius 1 is 0.944 bits per heavy atom. The average Bonchev–Trinajstić information content (AvgIpc) is 3.32. The Hall–Kier alpha value is -3.61. The summed E-state index contributed by atoms with van der Waals surface area (Å²) in [4.78, 5) is 29.0. The first-order chi connectivity index (χ1) is 17.6. The van der Waals surface area contributed by atoms with Crippen molar-refractivity contribution in [1.82, 2.24) is 4.90 Å². The number of anilines is 2. The Morgan fingerprint density at radius 2 is 1.75 bits per heavy atom. The van der Waals surface area contributed by atoms with Gasteiger partial charge in [-0.15, -0.1) is 0 Å². The van der Waals surface area contributed by atoms with Crippen LogP contribution in [-0.4, -0.2) is 49.5 Å². The van der Waals surface area contributed by atoms with Crippen molar-refractivity contribution in [3.8, 4) is 5.75 Å². The van der Waals surface area contributed by atoms with Gasteiger partial charge >= 0.3 is 0 Å². The van der Waals surface area contributed by atoms with Gasteiger partial charge < -0.3 is 19.9 Å². The van der Waals surface area contributed by atoms with Crippen molar-refractivity contribution in [2.24, 2.45) is 0 Å². The van der Waals surface area contributed by atoms with E-state index in [-0.39, 0.29) is 11.8 Å². The second kappa shape index (κ2) is 11.0. The van der Waals surface area contributed by atoms with Gasteiger partial charge in [0.1, 0.15) is 11.6 Å². The highest BCUT2D eigenvalue weighted by Gasteiger charge is 2.19. The van der Waals surface area contributed by atoms with Crippen molar-refractivity contribution in [2.75, 3.05) is 43.0 Å². The van der Waals surface area contributed by atoms with Crippen LogP contribution in [0.15, 0.2) is 54.6 Å². The first-order valence-electron chi connectivity index (χ1n) is 12.9. The van der Waals surface area contributed by atoms with Crippen LogP contribution in [0.3, 0.4) is 0 Å². The van der Waals surface area contributed by atoms with Crippen molar-refractivity contribution in [3.63, 3.8) is 0 Å². The van der Waals surface area contributed by atoms with Gasteiger partial charge in [0.15, 0.2) is 0 Å². The number of rotatable bonds is 8. The fraction of sp³-hybridized carbons (Fsp3) is 0.379. The third-order valence-corrected chi connectivity index (χ3v) is 7.00. The van der Waals surface area contributed by atoms with Gasteiger partial charge in [0.05, 0.1) is 6.61 Å². The molecular formula is C29H32FN3O3. The Kier molecular flexibility index (Phi) is 7.35. The number of halogens is 1. The molecule has 0 unspecified atom stereocenters. The van der Waals surface area contributed by atoms with Crippen molar-refractivity contribution < 1.29 is 18.7 Å². The topological polar surface area (TPSA) is 61.9 Å². The van der Waals surface area contributed by atoms with Crippen molar-refractivity contribution in [3.05, 3.63) is 66.0 Å². The zero-order valence-corrected chi connectivity index (χ0v) is 20.5. The molecule has 6 nitrogen and oxygen atoms in total. The zero-order chi connectivity index (χ0) is 24.9. The first kappa shape index (κ1) is 24.1. The SMILES string of the molecule is O=C(Nc1ccc(OCCCN2CCCC2=O)c2ccccc12)c1cc(F)cc(N2CCCCC2)c1. The number of likely N-dealkylation sites (tertiary alicyclic amines) is 1. The maximum atomic E-state index is 14.4. The molecule has 2 amide bonds. The summed E-state index contributed by atoms with van der Waals surface area (Å²) >= 11 is 0. The summed E-state index contributed by atoms with van der Waals surface area (Å²) < 4.78 is 20.5. The Bertz CT molecular complexity index is 1260. The molecule has 2 aliphatic heterocycles. The third kappa shape index (κ3) is 5.45. The van der Waals surface area contributed by atoms with Crippen LogP contribution >= 0.6 is 0 Å². The molecule has 0 aliphatic carbocycles. The van der Waals surface area contributed by atoms with Crippen molar-refractivity contribution >= 4 is 34.0 Å². The summed E-state index contributed by atoms with van der Waals surface area (Å²) in [6.07, 6.45) is 5.69. The van der Waals surface area contributed by atoms with E-state index in [1.54, 1.807) is 6.07 Å². The predicted octanol–water partition coefficient (Wildman–Crippen LogP) is 5.61. The monoisotopic (exact) mass is 489 g/mol. The van der Waals surface area contributed by atoms with E-state index in [4.69, 9.17) is 4.74 Å². The molecule has 36 heavy (non-hydrogen) atoms. The molecule has 2 fully saturated rings. The Morgan fingerprint density at radius 3 is 2.53 bits per heavy atom. The number of hydrogen-bond acceptors (Lipinski definition) is 4. The second-order valence-electron chi connectivity index (χ2n) is 9.54. The van der Waals surface area contributed by atoms with Crippen LogP contribution in [0.2, 0.25) is 0 Å². The second-order valence-corrected chi connectivity index (χ2v) is 9.54. The van der Waals surface area contributed by atoms with E-state index in [9.17, 15) is 14.0 Å². The number of amides is 2. The molecule has 1 N–H and O–H groups in total. The van der Waals surface area contributed by atoms with E-state index in [0.717, 1.165) is 67.5 Å². The number of nitrogens with zero attached hydrogens (tertiary/aromatic N) is 2. The van der Waals surface area contributed by atoms with Crippen LogP contribution in [-0.2, 0) is 4.79 Å². The normalized spacial score (nSPS) is 16.0. The number of carbonyl (C=O) groups excluding carboxylic acids is 2. The Labute approximate surface area is 211 Å². The molecule has 3 aromatic rings. The number of carbonyl (C=O) groups is 2. The molecule has 5 rings (SSSR count). The maximum Gasteiger partial charge on any atom is 0.255 e. The fourth-order valence-electron chi connectivity index (χ4n) is 5.12. The van der Waals surface area contributed by atoms with Gasteiger partial charge in [-0.05, 0) is 62.4 Å². The fourth-order valence-corrected chi connectivity index (χ4v) is 5.12. The number of ether oxygens (including phenoxy) is 1. The number of nitrogens with one attached hydrogen (secondary N) is 1. The summed E-state index contributed by atoms with van der Waals surface area (Å²) in [6, 6.07) is 16.0. The molecule has 0 aromatic heterocycles. The highest BCUT2D eigenvalue weighted by Crippen LogP contribution is 2.32. The van der Waals surface area contributed by atoms with Gasteiger partial charge in [-0.25, -0.2) is 4.39 Å². The van der Waals surface area contributed by atoms with Gasteiger partial charge in [0.2, 0.25) is 5.91 Å². The minimum absolute atomic E-state index is 0.224. The average molecular weight is 490 g/mol. The molecule has 0 spiro atoms. The summed E-state index contributed by atoms with van der Waals surface area (Å²) in [6.45, 7) is 3.80. The van der Waals surface area contributed by atoms with Crippen molar-refractivity contribution in [2.45, 2.75) is 38.5 Å². The molecule has 2 saturated heterocycles. The maximum absolute atomic E-state index is 14.4. The van der Waals surface area contributed by atoms with Crippen LogP contribution in [0.4, 0.5) is 15.8 Å². The number of hydrogen-bond donors (Lipinski definition) is 1. The van der Waals surface area contributed by atoms with E-state index >= 15 is 0 Å². The predicted molar refractivity (Wildman–Crippen MR) is 140 cm³/mol. The van der Waals surface area contributed by atoms with Crippen LogP contribution in [0.25, 0.3) is 10.8 Å². The summed E-state index contributed by atoms with van der Waals surface area (Å²) in [7, 11) is 0. The molecule has 0 radical (unpaired) electrons. The zero-order valence-electron chi connectivity index (χ0n) is 20.5. The molecule has 2 aliphatic rings. The van der Waals surface area contributed by atoms with Crippen LogP contribution in [0.5, 0.6) is 5.75 Å². The van der Waals surface area contributed by atoms with Crippen LogP contribution in [0, 0.1) is 5.82 Å². The van der Waals surface area contributed by atoms with Crippen LogP contribution < -0.4 is 15.0 Å². The smallest absolute Gasteiger partial charge is 0.255 e. The standard InChI is InChI=1S/C29H32FN3O3/c30-22-18-21(19-23(20-22)32-13-4-1-5-14-32)29(35)31-26-11-12-27(25-9-3-2-8-24(25)26)36-17-7-16-33-15-6-10-28(33)34/h2-3,8-9,11-12,18-20H,1,4-7,10,13-17H2,(H,31,35). The minimum Gasteiger partial charge on any atom is -0.493 e. The Balaban J connectivity index is 1.29. The molecular weight excluding hydrogens is 457 g/mol. The highest BCUT2D eigenvalue weighted by molar-refractivity contribution is 6.10.